The van der Waals surface area contributed by atoms with Crippen molar-refractivity contribution in [2.24, 2.45) is 4.40 Å². The van der Waals surface area contributed by atoms with Gasteiger partial charge in [0.1, 0.15) is 12.0 Å². The minimum Gasteiger partial charge on any atom is -0.337 e. The molecule has 0 saturated carbocycles. The maximum absolute atomic E-state index is 13.5. The lowest BCUT2D eigenvalue weighted by Crippen LogP contribution is -2.37. The summed E-state index contributed by atoms with van der Waals surface area (Å²) in [6.07, 6.45) is -0.714. The van der Waals surface area contributed by atoms with E-state index in [1.807, 2.05) is 37.3 Å². The van der Waals surface area contributed by atoms with Crippen LogP contribution >= 0.6 is 0 Å². The molecule has 1 fully saturated rings. The van der Waals surface area contributed by atoms with Gasteiger partial charge in [-0.25, -0.2) is 8.42 Å². The van der Waals surface area contributed by atoms with Crippen LogP contribution < -0.4 is 0 Å². The van der Waals surface area contributed by atoms with Crippen molar-refractivity contribution in [3.63, 3.8) is 0 Å². The van der Waals surface area contributed by atoms with Crippen LogP contribution in [0.15, 0.2) is 99.1 Å². The molecular formula is C24H25N3O4S2. The molecule has 0 spiro atoms. The second-order valence-corrected chi connectivity index (χ2v) is 11.3. The standard InChI is InChI=1S/C24H25N3O4S2/c1-19-13-15-22(16-14-19)32(28,29)25-20(2)26-17-18-27(24(26)21-9-5-3-6-10-21)33(30,31)23-11-7-4-8-12-23/h3-16,24H,17-18H2,1-2H3/t24-/m1/s1. The second kappa shape index (κ2) is 9.09. The fraction of sp³-hybridized carbons (Fsp3) is 0.208. The van der Waals surface area contributed by atoms with Crippen molar-refractivity contribution in [1.82, 2.24) is 9.21 Å². The predicted octanol–water partition coefficient (Wildman–Crippen LogP) is 3.81. The first-order chi connectivity index (χ1) is 15.7. The summed E-state index contributed by atoms with van der Waals surface area (Å²) in [6, 6.07) is 23.9. The average Bonchev–Trinajstić information content (AvgIpc) is 3.27. The average molecular weight is 484 g/mol. The first kappa shape index (κ1) is 23.2. The molecule has 0 aromatic heterocycles. The molecule has 0 aliphatic carbocycles. The number of benzene rings is 3. The van der Waals surface area contributed by atoms with Crippen molar-refractivity contribution < 1.29 is 16.8 Å². The zero-order chi connectivity index (χ0) is 23.6. The Bertz CT molecular complexity index is 1360. The molecule has 1 atom stereocenters. The van der Waals surface area contributed by atoms with Crippen LogP contribution in [0.4, 0.5) is 0 Å². The van der Waals surface area contributed by atoms with Crippen LogP contribution in [0.2, 0.25) is 0 Å². The van der Waals surface area contributed by atoms with Crippen molar-refractivity contribution in [2.45, 2.75) is 29.8 Å². The zero-order valence-corrected chi connectivity index (χ0v) is 20.0. The Morgan fingerprint density at radius 3 is 1.97 bits per heavy atom. The summed E-state index contributed by atoms with van der Waals surface area (Å²) in [4.78, 5) is 2.01. The lowest BCUT2D eigenvalue weighted by Gasteiger charge is -2.31. The maximum atomic E-state index is 13.5. The fourth-order valence-electron chi connectivity index (χ4n) is 3.89. The van der Waals surface area contributed by atoms with E-state index in [2.05, 4.69) is 4.40 Å². The quantitative estimate of drug-likeness (QED) is 0.407. The van der Waals surface area contributed by atoms with E-state index in [1.54, 1.807) is 54.3 Å². The normalized spacial score (nSPS) is 17.9. The third-order valence-corrected chi connectivity index (χ3v) is 8.80. The Balaban J connectivity index is 1.75. The Morgan fingerprint density at radius 1 is 0.788 bits per heavy atom. The van der Waals surface area contributed by atoms with Gasteiger partial charge < -0.3 is 4.90 Å². The molecule has 1 heterocycles. The van der Waals surface area contributed by atoms with Crippen molar-refractivity contribution in [1.29, 1.82) is 0 Å². The molecule has 0 N–H and O–H groups in total. The highest BCUT2D eigenvalue weighted by Crippen LogP contribution is 2.35. The smallest absolute Gasteiger partial charge is 0.283 e. The van der Waals surface area contributed by atoms with E-state index in [0.717, 1.165) is 11.1 Å². The Labute approximate surface area is 195 Å². The van der Waals surface area contributed by atoms with Gasteiger partial charge in [0.25, 0.3) is 10.0 Å². The Morgan fingerprint density at radius 2 is 1.36 bits per heavy atom. The first-order valence-corrected chi connectivity index (χ1v) is 13.3. The molecular weight excluding hydrogens is 458 g/mol. The Hall–Kier alpha value is -3.01. The van der Waals surface area contributed by atoms with Crippen molar-refractivity contribution in [3.05, 3.63) is 96.1 Å². The fourth-order valence-corrected chi connectivity index (χ4v) is 6.52. The monoisotopic (exact) mass is 483 g/mol. The third kappa shape index (κ3) is 4.71. The van der Waals surface area contributed by atoms with Crippen LogP contribution in [-0.2, 0) is 20.0 Å². The van der Waals surface area contributed by atoms with Crippen LogP contribution in [-0.4, -0.2) is 45.0 Å². The molecule has 4 rings (SSSR count). The van der Waals surface area contributed by atoms with Crippen LogP contribution in [0.3, 0.4) is 0 Å². The summed E-state index contributed by atoms with van der Waals surface area (Å²) >= 11 is 0. The highest BCUT2D eigenvalue weighted by atomic mass is 32.2. The Kier molecular flexibility index (Phi) is 6.38. The van der Waals surface area contributed by atoms with Crippen LogP contribution in [0.5, 0.6) is 0 Å². The van der Waals surface area contributed by atoms with Crippen molar-refractivity contribution in [3.8, 4) is 0 Å². The molecule has 0 bridgehead atoms. The molecule has 0 radical (unpaired) electrons. The lowest BCUT2D eigenvalue weighted by atomic mass is 10.1. The highest BCUT2D eigenvalue weighted by molar-refractivity contribution is 7.90. The number of hydrogen-bond acceptors (Lipinski definition) is 4. The molecule has 1 saturated heterocycles. The van der Waals surface area contributed by atoms with E-state index in [-0.39, 0.29) is 22.2 Å². The minimum atomic E-state index is -3.95. The summed E-state index contributed by atoms with van der Waals surface area (Å²) in [5.41, 5.74) is 1.68. The van der Waals surface area contributed by atoms with Gasteiger partial charge in [0.2, 0.25) is 10.0 Å². The topological polar surface area (TPSA) is 87.1 Å². The van der Waals surface area contributed by atoms with E-state index in [1.165, 1.54) is 16.4 Å². The molecule has 3 aromatic rings. The van der Waals surface area contributed by atoms with Gasteiger partial charge in [-0.2, -0.15) is 12.7 Å². The van der Waals surface area contributed by atoms with E-state index in [4.69, 9.17) is 0 Å². The molecule has 1 aliphatic heterocycles. The van der Waals surface area contributed by atoms with Crippen LogP contribution in [0.1, 0.15) is 24.2 Å². The van der Waals surface area contributed by atoms with Crippen LogP contribution in [0, 0.1) is 6.92 Å². The summed E-state index contributed by atoms with van der Waals surface area (Å²) < 4.78 is 58.2. The van der Waals surface area contributed by atoms with Crippen molar-refractivity contribution in [2.75, 3.05) is 13.1 Å². The number of sulfonamides is 2. The second-order valence-electron chi connectivity index (χ2n) is 7.83. The van der Waals surface area contributed by atoms with Crippen molar-refractivity contribution >= 4 is 25.9 Å². The predicted molar refractivity (Wildman–Crippen MR) is 128 cm³/mol. The van der Waals surface area contributed by atoms with Gasteiger partial charge >= 0.3 is 0 Å². The largest absolute Gasteiger partial charge is 0.337 e. The number of nitrogens with zero attached hydrogens (tertiary/aromatic N) is 3. The summed E-state index contributed by atoms with van der Waals surface area (Å²) in [7, 11) is -7.76. The van der Waals surface area contributed by atoms with Gasteiger partial charge in [-0.05, 0) is 43.7 Å². The van der Waals surface area contributed by atoms with Crippen LogP contribution in [0.25, 0.3) is 0 Å². The van der Waals surface area contributed by atoms with Gasteiger partial charge in [0.05, 0.1) is 9.79 Å². The maximum Gasteiger partial charge on any atom is 0.283 e. The van der Waals surface area contributed by atoms with Gasteiger partial charge in [-0.3, -0.25) is 0 Å². The SMILES string of the molecule is CC(=NS(=O)(=O)c1ccc(C)cc1)N1CCN(S(=O)(=O)c2ccccc2)[C@@H]1c1ccccc1. The molecule has 7 nitrogen and oxygen atoms in total. The minimum absolute atomic E-state index is 0.0941. The molecule has 172 valence electrons. The molecule has 1 aliphatic rings. The summed E-state index contributed by atoms with van der Waals surface area (Å²) in [5, 5.41) is 0. The first-order valence-electron chi connectivity index (χ1n) is 10.5. The van der Waals surface area contributed by atoms with E-state index >= 15 is 0 Å². The molecule has 9 heteroatoms. The van der Waals surface area contributed by atoms with E-state index < -0.39 is 26.2 Å². The van der Waals surface area contributed by atoms with Gasteiger partial charge in [0.15, 0.2) is 0 Å². The van der Waals surface area contributed by atoms with E-state index in [0.29, 0.717) is 6.54 Å². The van der Waals surface area contributed by atoms with E-state index in [9.17, 15) is 16.8 Å². The summed E-state index contributed by atoms with van der Waals surface area (Å²) in [6.45, 7) is 3.99. The molecule has 0 amide bonds. The highest BCUT2D eigenvalue weighted by Gasteiger charge is 2.42. The number of rotatable bonds is 5. The lowest BCUT2D eigenvalue weighted by molar-refractivity contribution is 0.284. The van der Waals surface area contributed by atoms with Gasteiger partial charge in [-0.15, -0.1) is 4.40 Å². The van der Waals surface area contributed by atoms with Gasteiger partial charge in [-0.1, -0.05) is 66.2 Å². The number of amidine groups is 1. The van der Waals surface area contributed by atoms with Gasteiger partial charge in [0, 0.05) is 13.1 Å². The number of hydrogen-bond donors (Lipinski definition) is 0. The molecule has 3 aromatic carbocycles. The summed E-state index contributed by atoms with van der Waals surface area (Å²) in [5.74, 6) is 0.232. The zero-order valence-electron chi connectivity index (χ0n) is 18.4. The third-order valence-electron chi connectivity index (χ3n) is 5.56. The number of aryl methyl sites for hydroxylation is 1. The molecule has 33 heavy (non-hydrogen) atoms. The molecule has 0 unspecified atom stereocenters.